The summed E-state index contributed by atoms with van der Waals surface area (Å²) in [6.07, 6.45) is 3.88. The first-order valence-corrected chi connectivity index (χ1v) is 17.1. The van der Waals surface area contributed by atoms with Crippen molar-refractivity contribution in [2.45, 2.75) is 53.7 Å². The monoisotopic (exact) mass is 699 g/mol. The Kier molecular flexibility index (Phi) is 10.00. The lowest BCUT2D eigenvalue weighted by Crippen LogP contribution is -2.59. The minimum Gasteiger partial charge on any atom is -0.394 e. The van der Waals surface area contributed by atoms with E-state index in [1.165, 1.54) is 0 Å². The van der Waals surface area contributed by atoms with Crippen molar-refractivity contribution in [1.29, 1.82) is 0 Å². The summed E-state index contributed by atoms with van der Waals surface area (Å²) in [7, 11) is 0. The Morgan fingerprint density at radius 1 is 1.11 bits per heavy atom. The fourth-order valence-electron chi connectivity index (χ4n) is 7.26. The van der Waals surface area contributed by atoms with Crippen LogP contribution in [0.3, 0.4) is 0 Å². The first-order chi connectivity index (χ1) is 21.1. The SMILES string of the molecule is C=CCN(Cc1ccccc1)C(=O)[C@H]1[C@H]2C(=O)N([C@@H](CO)C(C)C)C(C(=O)N(CC=C)c3ccccc3Cl)C23CC(Br)[C@@H]1S3. The molecule has 5 rings (SSSR count). The Hall–Kier alpha value is -2.59. The number of nitrogens with zero attached hydrogens (tertiary/aromatic N) is 3. The molecule has 2 aromatic carbocycles. The number of likely N-dealkylation sites (tertiary alicyclic amines) is 1. The fraction of sp³-hybridized carbons (Fsp3) is 0.441. The second-order valence-corrected chi connectivity index (χ2v) is 15.2. The minimum absolute atomic E-state index is 0.0807. The zero-order chi connectivity index (χ0) is 31.8. The van der Waals surface area contributed by atoms with Crippen LogP contribution in [0.4, 0.5) is 5.69 Å². The molecule has 3 heterocycles. The van der Waals surface area contributed by atoms with Crippen molar-refractivity contribution in [2.75, 3.05) is 24.6 Å². The van der Waals surface area contributed by atoms with Crippen molar-refractivity contribution < 1.29 is 19.5 Å². The molecule has 2 bridgehead atoms. The Morgan fingerprint density at radius 2 is 1.77 bits per heavy atom. The summed E-state index contributed by atoms with van der Waals surface area (Å²) < 4.78 is -0.872. The maximum absolute atomic E-state index is 14.9. The summed E-state index contributed by atoms with van der Waals surface area (Å²) in [5.74, 6) is -2.16. The third-order valence-corrected chi connectivity index (χ3v) is 12.7. The number of aliphatic hydroxyl groups excluding tert-OH is 1. The molecule has 1 spiro atoms. The molecule has 0 saturated carbocycles. The van der Waals surface area contributed by atoms with Gasteiger partial charge in [0, 0.05) is 29.7 Å². The number of para-hydroxylation sites is 1. The third-order valence-electron chi connectivity index (χ3n) is 9.16. The highest BCUT2D eigenvalue weighted by Gasteiger charge is 2.76. The van der Waals surface area contributed by atoms with Gasteiger partial charge in [0.25, 0.3) is 5.91 Å². The zero-order valence-corrected chi connectivity index (χ0v) is 28.2. The van der Waals surface area contributed by atoms with Gasteiger partial charge in [-0.2, -0.15) is 0 Å². The van der Waals surface area contributed by atoms with Crippen LogP contribution in [0.2, 0.25) is 5.02 Å². The van der Waals surface area contributed by atoms with Crippen molar-refractivity contribution in [3.8, 4) is 0 Å². The van der Waals surface area contributed by atoms with E-state index in [-0.39, 0.29) is 46.9 Å². The molecular weight excluding hydrogens is 662 g/mol. The van der Waals surface area contributed by atoms with Crippen LogP contribution in [0.5, 0.6) is 0 Å². The predicted octanol–water partition coefficient (Wildman–Crippen LogP) is 5.56. The molecule has 7 atom stereocenters. The normalized spacial score (nSPS) is 27.7. The second kappa shape index (κ2) is 13.4. The zero-order valence-electron chi connectivity index (χ0n) is 25.0. The lowest BCUT2D eigenvalue weighted by Gasteiger charge is -2.41. The lowest BCUT2D eigenvalue weighted by molar-refractivity contribution is -0.146. The summed E-state index contributed by atoms with van der Waals surface area (Å²) >= 11 is 12.0. The number of aliphatic hydroxyl groups is 1. The summed E-state index contributed by atoms with van der Waals surface area (Å²) in [5.41, 5.74) is 1.51. The molecule has 3 fully saturated rings. The maximum atomic E-state index is 14.9. The van der Waals surface area contributed by atoms with Gasteiger partial charge in [0.2, 0.25) is 11.8 Å². The number of alkyl halides is 1. The predicted molar refractivity (Wildman–Crippen MR) is 181 cm³/mol. The van der Waals surface area contributed by atoms with Crippen molar-refractivity contribution in [1.82, 2.24) is 9.80 Å². The number of fused-ring (bicyclic) bond motifs is 1. The van der Waals surface area contributed by atoms with E-state index in [1.807, 2.05) is 50.2 Å². The van der Waals surface area contributed by atoms with E-state index in [0.29, 0.717) is 30.2 Å². The molecule has 0 aromatic heterocycles. The van der Waals surface area contributed by atoms with E-state index < -0.39 is 28.7 Å². The van der Waals surface area contributed by atoms with Crippen LogP contribution < -0.4 is 4.90 Å². The topological polar surface area (TPSA) is 81.2 Å². The van der Waals surface area contributed by atoms with Gasteiger partial charge < -0.3 is 19.8 Å². The van der Waals surface area contributed by atoms with Gasteiger partial charge in [-0.3, -0.25) is 14.4 Å². The molecular formula is C34H39BrClN3O4S. The maximum Gasteiger partial charge on any atom is 0.251 e. The van der Waals surface area contributed by atoms with Crippen LogP contribution in [0.15, 0.2) is 79.9 Å². The average Bonchev–Trinajstić information content (AvgIpc) is 3.60. The van der Waals surface area contributed by atoms with Crippen LogP contribution >= 0.6 is 39.3 Å². The van der Waals surface area contributed by atoms with E-state index in [9.17, 15) is 19.5 Å². The number of carbonyl (C=O) groups excluding carboxylic acids is 3. The van der Waals surface area contributed by atoms with Crippen LogP contribution in [0.25, 0.3) is 0 Å². The van der Waals surface area contributed by atoms with Gasteiger partial charge in [-0.1, -0.05) is 96.0 Å². The average molecular weight is 701 g/mol. The van der Waals surface area contributed by atoms with Crippen molar-refractivity contribution in [2.24, 2.45) is 17.8 Å². The highest BCUT2D eigenvalue weighted by molar-refractivity contribution is 9.09. The smallest absolute Gasteiger partial charge is 0.251 e. The first kappa shape index (κ1) is 32.8. The van der Waals surface area contributed by atoms with E-state index >= 15 is 0 Å². The lowest BCUT2D eigenvalue weighted by atomic mass is 9.70. The molecule has 3 amide bonds. The molecule has 10 heteroatoms. The number of rotatable bonds is 12. The van der Waals surface area contributed by atoms with Gasteiger partial charge in [-0.25, -0.2) is 0 Å². The molecule has 234 valence electrons. The van der Waals surface area contributed by atoms with E-state index in [0.717, 1.165) is 5.56 Å². The Bertz CT molecular complexity index is 1430. The standard InChI is InChI=1S/C34H39BrClN3O4S/c1-5-16-37(19-22-12-8-7-9-13-22)31(41)27-28-32(42)39(26(20-40)21(3)4)30(34(28)18-23(35)29(27)44-34)33(43)38(17-6-2)25-15-11-10-14-24(25)36/h5-15,21,23,26-30,40H,1-2,16-20H2,3-4H3/t23?,26-,27-,28-,29-,30?,34?/m0/s1. The quantitative estimate of drug-likeness (QED) is 0.232. The van der Waals surface area contributed by atoms with Crippen LogP contribution in [0, 0.1) is 17.8 Å². The van der Waals surface area contributed by atoms with E-state index in [2.05, 4.69) is 29.1 Å². The summed E-state index contributed by atoms with van der Waals surface area (Å²) in [4.78, 5) is 49.0. The molecule has 3 saturated heterocycles. The number of hydrogen-bond acceptors (Lipinski definition) is 5. The molecule has 2 aromatic rings. The summed E-state index contributed by atoms with van der Waals surface area (Å²) in [6, 6.07) is 15.4. The van der Waals surface area contributed by atoms with Crippen LogP contribution in [-0.2, 0) is 20.9 Å². The molecule has 0 aliphatic carbocycles. The first-order valence-electron chi connectivity index (χ1n) is 15.0. The minimum atomic E-state index is -0.911. The number of halogens is 2. The van der Waals surface area contributed by atoms with E-state index in [4.69, 9.17) is 11.6 Å². The largest absolute Gasteiger partial charge is 0.394 e. The highest BCUT2D eigenvalue weighted by atomic mass is 79.9. The van der Waals surface area contributed by atoms with Gasteiger partial charge in [-0.05, 0) is 30.0 Å². The fourth-order valence-corrected chi connectivity index (χ4v) is 11.1. The van der Waals surface area contributed by atoms with Crippen molar-refractivity contribution in [3.63, 3.8) is 0 Å². The number of amides is 3. The van der Waals surface area contributed by atoms with Crippen LogP contribution in [-0.4, -0.2) is 79.2 Å². The number of benzene rings is 2. The second-order valence-electron chi connectivity index (χ2n) is 12.1. The van der Waals surface area contributed by atoms with Gasteiger partial charge in [0.1, 0.15) is 6.04 Å². The highest BCUT2D eigenvalue weighted by Crippen LogP contribution is 2.68. The number of hydrogen-bond donors (Lipinski definition) is 1. The summed E-state index contributed by atoms with van der Waals surface area (Å²) in [6.45, 7) is 12.2. The van der Waals surface area contributed by atoms with Crippen LogP contribution in [0.1, 0.15) is 25.8 Å². The van der Waals surface area contributed by atoms with Crippen molar-refractivity contribution in [3.05, 3.63) is 90.5 Å². The molecule has 44 heavy (non-hydrogen) atoms. The van der Waals surface area contributed by atoms with E-state index in [1.54, 1.807) is 56.8 Å². The van der Waals surface area contributed by atoms with Gasteiger partial charge in [0.05, 0.1) is 39.9 Å². The Labute approximate surface area is 277 Å². The van der Waals surface area contributed by atoms with Gasteiger partial charge >= 0.3 is 0 Å². The number of anilines is 1. The Morgan fingerprint density at radius 3 is 2.39 bits per heavy atom. The summed E-state index contributed by atoms with van der Waals surface area (Å²) in [5, 5.41) is 10.8. The van der Waals surface area contributed by atoms with Crippen molar-refractivity contribution >= 4 is 62.7 Å². The molecule has 7 nitrogen and oxygen atoms in total. The molecule has 3 unspecified atom stereocenters. The molecule has 3 aliphatic rings. The number of carbonyl (C=O) groups is 3. The number of thioether (sulfide) groups is 1. The third kappa shape index (κ3) is 5.54. The van der Waals surface area contributed by atoms with Gasteiger partial charge in [-0.15, -0.1) is 24.9 Å². The van der Waals surface area contributed by atoms with Gasteiger partial charge in [0.15, 0.2) is 0 Å². The molecule has 0 radical (unpaired) electrons. The molecule has 1 N–H and O–H groups in total. The Balaban J connectivity index is 1.61. The molecule has 3 aliphatic heterocycles.